The minimum absolute atomic E-state index is 0.0811. The monoisotopic (exact) mass is 517 g/mol. The number of fused-ring (bicyclic) bond motifs is 2. The van der Waals surface area contributed by atoms with E-state index in [9.17, 15) is 13.2 Å². The third kappa shape index (κ3) is 4.21. The largest absolute Gasteiger partial charge is 0.332 e. The molecule has 10 heteroatoms. The van der Waals surface area contributed by atoms with Crippen molar-refractivity contribution in [2.24, 2.45) is 5.92 Å². The van der Waals surface area contributed by atoms with Crippen LogP contribution in [0.3, 0.4) is 0 Å². The van der Waals surface area contributed by atoms with E-state index in [1.54, 1.807) is 30.6 Å². The topological polar surface area (TPSA) is 113 Å². The van der Waals surface area contributed by atoms with Crippen LogP contribution < -0.4 is 19.5 Å². The van der Waals surface area contributed by atoms with Gasteiger partial charge in [-0.15, -0.1) is 0 Å². The summed E-state index contributed by atoms with van der Waals surface area (Å²) < 4.78 is 28.3. The number of para-hydroxylation sites is 1. The Labute approximate surface area is 215 Å². The van der Waals surface area contributed by atoms with E-state index in [0.717, 1.165) is 46.8 Å². The first-order chi connectivity index (χ1) is 17.9. The Balaban J connectivity index is 1.14. The standard InChI is InChI=1S/C27H28N6O3S/c1-18-16-28-25-24(18)26(30-17-29-25)32-12-9-20(10-13-32)27(34)31-21-6-4-7-22(15-21)37(35,36)33-14-11-19-5-2-3-8-23(19)33/h2-8,15-17,20H,9-14H2,1H3,(H,31,34)(H,28,29,30)/p+1. The van der Waals surface area contributed by atoms with Gasteiger partial charge in [0.1, 0.15) is 5.39 Å². The van der Waals surface area contributed by atoms with Crippen molar-refractivity contribution < 1.29 is 18.2 Å². The van der Waals surface area contributed by atoms with Gasteiger partial charge in [0.05, 0.1) is 23.7 Å². The molecular weight excluding hydrogens is 488 g/mol. The Bertz CT molecular complexity index is 1590. The van der Waals surface area contributed by atoms with Gasteiger partial charge in [0.15, 0.2) is 0 Å². The second-order valence-corrected chi connectivity index (χ2v) is 11.5. The van der Waals surface area contributed by atoms with Gasteiger partial charge in [-0.1, -0.05) is 29.2 Å². The summed E-state index contributed by atoms with van der Waals surface area (Å²) in [4.78, 5) is 26.4. The highest BCUT2D eigenvalue weighted by atomic mass is 32.2. The fraction of sp³-hybridized carbons (Fsp3) is 0.296. The van der Waals surface area contributed by atoms with Crippen molar-refractivity contribution in [2.45, 2.75) is 31.1 Å². The fourth-order valence-electron chi connectivity index (χ4n) is 5.42. The molecule has 2 aromatic heterocycles. The van der Waals surface area contributed by atoms with Crippen LogP contribution in [0.25, 0.3) is 11.0 Å². The van der Waals surface area contributed by atoms with Crippen LogP contribution in [0.1, 0.15) is 24.0 Å². The lowest BCUT2D eigenvalue weighted by atomic mass is 9.95. The molecule has 4 aromatic rings. The normalized spacial score (nSPS) is 16.2. The molecule has 0 spiro atoms. The zero-order chi connectivity index (χ0) is 25.6. The van der Waals surface area contributed by atoms with E-state index in [0.29, 0.717) is 31.5 Å². The summed E-state index contributed by atoms with van der Waals surface area (Å²) in [5.74, 6) is 0.790. The number of H-pyrrole nitrogens is 2. The van der Waals surface area contributed by atoms with E-state index in [2.05, 4.69) is 32.1 Å². The summed E-state index contributed by atoms with van der Waals surface area (Å²) >= 11 is 0. The molecule has 6 rings (SSSR count). The summed E-state index contributed by atoms with van der Waals surface area (Å²) in [6, 6.07) is 14.1. The fourth-order valence-corrected chi connectivity index (χ4v) is 6.97. The van der Waals surface area contributed by atoms with E-state index in [1.807, 2.05) is 30.5 Å². The molecule has 0 unspecified atom stereocenters. The van der Waals surface area contributed by atoms with Crippen molar-refractivity contribution in [2.75, 3.05) is 34.2 Å². The van der Waals surface area contributed by atoms with Crippen molar-refractivity contribution in [1.29, 1.82) is 0 Å². The van der Waals surface area contributed by atoms with E-state index >= 15 is 0 Å². The number of hydrogen-bond donors (Lipinski definition) is 2. The molecule has 2 aliphatic rings. The summed E-state index contributed by atoms with van der Waals surface area (Å²) in [7, 11) is -3.73. The van der Waals surface area contributed by atoms with Gasteiger partial charge < -0.3 is 10.3 Å². The summed E-state index contributed by atoms with van der Waals surface area (Å²) in [6.45, 7) is 3.94. The highest BCUT2D eigenvalue weighted by Gasteiger charge is 2.32. The van der Waals surface area contributed by atoms with Gasteiger partial charge >= 0.3 is 0 Å². The molecule has 0 saturated carbocycles. The second-order valence-electron chi connectivity index (χ2n) is 9.68. The lowest BCUT2D eigenvalue weighted by Crippen LogP contribution is -2.40. The van der Waals surface area contributed by atoms with E-state index in [1.165, 1.54) is 4.31 Å². The first-order valence-corrected chi connectivity index (χ1v) is 14.0. The molecule has 0 atom stereocenters. The van der Waals surface area contributed by atoms with Crippen LogP contribution in [-0.4, -0.2) is 43.9 Å². The molecular formula is C27H29N6O3S+. The maximum absolute atomic E-state index is 13.4. The Morgan fingerprint density at radius 2 is 1.92 bits per heavy atom. The number of anilines is 3. The van der Waals surface area contributed by atoms with Crippen LogP contribution in [0.2, 0.25) is 0 Å². The Kier molecular flexibility index (Phi) is 5.83. The molecule has 9 nitrogen and oxygen atoms in total. The average molecular weight is 518 g/mol. The van der Waals surface area contributed by atoms with Gasteiger partial charge in [0.2, 0.25) is 23.7 Å². The number of nitrogens with zero attached hydrogens (tertiary/aromatic N) is 3. The SMILES string of the molecule is Cc1c[nH]c2nc[nH+]c(N3CCC(C(=O)Nc4cccc(S(=O)(=O)N5CCc6ccccc65)c4)CC3)c12. The molecule has 190 valence electrons. The summed E-state index contributed by atoms with van der Waals surface area (Å²) in [6.07, 6.45) is 5.74. The molecule has 1 saturated heterocycles. The van der Waals surface area contributed by atoms with Crippen LogP contribution in [0.4, 0.5) is 17.2 Å². The van der Waals surface area contributed by atoms with Gasteiger partial charge in [-0.3, -0.25) is 14.0 Å². The molecule has 1 amide bonds. The molecule has 37 heavy (non-hydrogen) atoms. The van der Waals surface area contributed by atoms with Crippen LogP contribution in [0.15, 0.2) is 66.0 Å². The van der Waals surface area contributed by atoms with Gasteiger partial charge in [-0.2, -0.15) is 0 Å². The molecule has 0 bridgehead atoms. The van der Waals surface area contributed by atoms with Crippen LogP contribution in [0, 0.1) is 12.8 Å². The number of sulfonamides is 1. The lowest BCUT2D eigenvalue weighted by molar-refractivity contribution is -0.367. The van der Waals surface area contributed by atoms with Crippen molar-refractivity contribution in [3.05, 3.63) is 72.2 Å². The zero-order valence-electron chi connectivity index (χ0n) is 20.6. The molecule has 0 radical (unpaired) electrons. The van der Waals surface area contributed by atoms with Crippen molar-refractivity contribution in [3.63, 3.8) is 0 Å². The predicted octanol–water partition coefficient (Wildman–Crippen LogP) is 3.29. The average Bonchev–Trinajstić information content (AvgIpc) is 3.53. The highest BCUT2D eigenvalue weighted by Crippen LogP contribution is 2.33. The highest BCUT2D eigenvalue weighted by molar-refractivity contribution is 7.92. The minimum Gasteiger partial charge on any atom is -0.332 e. The molecule has 3 N–H and O–H groups in total. The molecule has 0 aliphatic carbocycles. The van der Waals surface area contributed by atoms with Crippen LogP contribution in [0.5, 0.6) is 0 Å². The number of aryl methyl sites for hydroxylation is 1. The van der Waals surface area contributed by atoms with Crippen molar-refractivity contribution in [1.82, 2.24) is 9.97 Å². The summed E-state index contributed by atoms with van der Waals surface area (Å²) in [5.41, 5.74) is 4.22. The predicted molar refractivity (Wildman–Crippen MR) is 142 cm³/mol. The smallest absolute Gasteiger partial charge is 0.264 e. The Morgan fingerprint density at radius 1 is 1.11 bits per heavy atom. The van der Waals surface area contributed by atoms with E-state index in [4.69, 9.17) is 0 Å². The number of hydrogen-bond acceptors (Lipinski definition) is 5. The first kappa shape index (κ1) is 23.5. The molecule has 2 aromatic carbocycles. The maximum Gasteiger partial charge on any atom is 0.264 e. The zero-order valence-corrected chi connectivity index (χ0v) is 21.4. The number of carbonyl (C=O) groups excluding carboxylic acids is 1. The number of piperidine rings is 1. The third-order valence-corrected chi connectivity index (χ3v) is 9.21. The number of aromatic nitrogens is 3. The first-order valence-electron chi connectivity index (χ1n) is 12.5. The molecule has 2 aliphatic heterocycles. The third-order valence-electron chi connectivity index (χ3n) is 7.40. The number of rotatable bonds is 5. The second kappa shape index (κ2) is 9.19. The number of nitrogens with one attached hydrogen (secondary N) is 3. The van der Waals surface area contributed by atoms with Gasteiger partial charge in [-0.25, -0.2) is 13.4 Å². The van der Waals surface area contributed by atoms with Gasteiger partial charge in [-0.05, 0) is 61.6 Å². The minimum atomic E-state index is -3.73. The van der Waals surface area contributed by atoms with Gasteiger partial charge in [0, 0.05) is 24.3 Å². The Morgan fingerprint density at radius 3 is 2.76 bits per heavy atom. The van der Waals surface area contributed by atoms with Crippen LogP contribution in [-0.2, 0) is 21.2 Å². The van der Waals surface area contributed by atoms with Gasteiger partial charge in [0.25, 0.3) is 10.0 Å². The maximum atomic E-state index is 13.4. The number of aromatic amines is 2. The van der Waals surface area contributed by atoms with E-state index in [-0.39, 0.29) is 16.7 Å². The van der Waals surface area contributed by atoms with Crippen LogP contribution >= 0.6 is 0 Å². The van der Waals surface area contributed by atoms with E-state index < -0.39 is 10.0 Å². The van der Waals surface area contributed by atoms with Crippen molar-refractivity contribution in [3.8, 4) is 0 Å². The lowest BCUT2D eigenvalue weighted by Gasteiger charge is -2.29. The summed E-state index contributed by atoms with van der Waals surface area (Å²) in [5, 5.41) is 4.03. The van der Waals surface area contributed by atoms with Crippen molar-refractivity contribution >= 4 is 44.2 Å². The molecule has 1 fully saturated rings. The number of amides is 1. The Hall–Kier alpha value is -3.92. The number of benzene rings is 2. The quantitative estimate of drug-likeness (QED) is 0.422. The number of carbonyl (C=O) groups is 1. The molecule has 4 heterocycles.